The van der Waals surface area contributed by atoms with E-state index >= 15 is 0 Å². The number of hydrogen-bond acceptors (Lipinski definition) is 2. The van der Waals surface area contributed by atoms with Gasteiger partial charge >= 0.3 is 0 Å². The standard InChI is InChI=1S/C14H18ClN3/c15-13-10-5-4-6-11(12(10)17-18-13)14(9-16)7-2-1-3-8-14/h4-6H,1-3,7-9,16H2,(H,17,18). The minimum absolute atomic E-state index is 0.0935. The average Bonchev–Trinajstić information content (AvgIpc) is 2.81. The highest BCUT2D eigenvalue weighted by Crippen LogP contribution is 2.41. The van der Waals surface area contributed by atoms with Crippen LogP contribution in [0.4, 0.5) is 0 Å². The smallest absolute Gasteiger partial charge is 0.132 e. The van der Waals surface area contributed by atoms with Crippen molar-refractivity contribution in [3.63, 3.8) is 0 Å². The largest absolute Gasteiger partial charge is 0.330 e. The molecular formula is C14H18ClN3. The number of para-hydroxylation sites is 1. The van der Waals surface area contributed by atoms with E-state index in [0.29, 0.717) is 11.7 Å². The van der Waals surface area contributed by atoms with E-state index in [1.165, 1.54) is 24.8 Å². The van der Waals surface area contributed by atoms with E-state index in [-0.39, 0.29) is 5.41 Å². The molecule has 1 aromatic carbocycles. The molecule has 96 valence electrons. The third-order valence-electron chi connectivity index (χ3n) is 4.31. The first kappa shape index (κ1) is 12.0. The Hall–Kier alpha value is -1.06. The minimum atomic E-state index is 0.0935. The monoisotopic (exact) mass is 263 g/mol. The molecule has 18 heavy (non-hydrogen) atoms. The number of benzene rings is 1. The van der Waals surface area contributed by atoms with Gasteiger partial charge in [-0.05, 0) is 24.5 Å². The fourth-order valence-corrected chi connectivity index (χ4v) is 3.44. The lowest BCUT2D eigenvalue weighted by atomic mass is 9.69. The SMILES string of the molecule is NCC1(c2cccc3c(Cl)[nH]nc23)CCCCC1. The van der Waals surface area contributed by atoms with Crippen LogP contribution < -0.4 is 5.73 Å². The number of halogens is 1. The van der Waals surface area contributed by atoms with Crippen LogP contribution >= 0.6 is 11.6 Å². The van der Waals surface area contributed by atoms with E-state index in [4.69, 9.17) is 17.3 Å². The average molecular weight is 264 g/mol. The molecule has 2 aromatic rings. The normalized spacial score (nSPS) is 19.2. The summed E-state index contributed by atoms with van der Waals surface area (Å²) in [5, 5.41) is 8.87. The Kier molecular flexibility index (Phi) is 3.04. The Labute approximate surface area is 112 Å². The Morgan fingerprint density at radius 1 is 1.28 bits per heavy atom. The van der Waals surface area contributed by atoms with Crippen LogP contribution in [0.25, 0.3) is 10.9 Å². The molecule has 3 rings (SSSR count). The highest BCUT2D eigenvalue weighted by Gasteiger charge is 2.34. The number of nitrogens with two attached hydrogens (primary N) is 1. The molecule has 3 nitrogen and oxygen atoms in total. The number of rotatable bonds is 2. The van der Waals surface area contributed by atoms with Crippen LogP contribution in [0.2, 0.25) is 5.15 Å². The lowest BCUT2D eigenvalue weighted by molar-refractivity contribution is 0.302. The third-order valence-corrected chi connectivity index (χ3v) is 4.60. The molecule has 1 aliphatic rings. The van der Waals surface area contributed by atoms with Gasteiger partial charge in [0.25, 0.3) is 0 Å². The van der Waals surface area contributed by atoms with Gasteiger partial charge in [0.05, 0.1) is 5.52 Å². The summed E-state index contributed by atoms with van der Waals surface area (Å²) in [5.74, 6) is 0. The van der Waals surface area contributed by atoms with Gasteiger partial charge in [-0.1, -0.05) is 43.0 Å². The predicted molar refractivity (Wildman–Crippen MR) is 74.9 cm³/mol. The van der Waals surface area contributed by atoms with Crippen molar-refractivity contribution in [2.75, 3.05) is 6.54 Å². The highest BCUT2D eigenvalue weighted by molar-refractivity contribution is 6.34. The summed E-state index contributed by atoms with van der Waals surface area (Å²) in [6.45, 7) is 0.691. The van der Waals surface area contributed by atoms with Gasteiger partial charge in [0.2, 0.25) is 0 Å². The molecule has 4 heteroatoms. The van der Waals surface area contributed by atoms with Crippen LogP contribution in [0.15, 0.2) is 18.2 Å². The number of fused-ring (bicyclic) bond motifs is 1. The molecule has 0 saturated heterocycles. The second-order valence-corrected chi connectivity index (χ2v) is 5.66. The molecule has 1 aromatic heterocycles. The van der Waals surface area contributed by atoms with E-state index in [9.17, 15) is 0 Å². The Morgan fingerprint density at radius 3 is 2.78 bits per heavy atom. The maximum atomic E-state index is 6.12. The van der Waals surface area contributed by atoms with E-state index in [1.54, 1.807) is 0 Å². The first-order chi connectivity index (χ1) is 8.77. The van der Waals surface area contributed by atoms with Gasteiger partial charge in [0.15, 0.2) is 0 Å². The van der Waals surface area contributed by atoms with Crippen molar-refractivity contribution in [1.82, 2.24) is 10.2 Å². The highest BCUT2D eigenvalue weighted by atomic mass is 35.5. The number of H-pyrrole nitrogens is 1. The summed E-state index contributed by atoms with van der Waals surface area (Å²) in [7, 11) is 0. The van der Waals surface area contributed by atoms with E-state index < -0.39 is 0 Å². The third kappa shape index (κ3) is 1.73. The minimum Gasteiger partial charge on any atom is -0.330 e. The van der Waals surface area contributed by atoms with Gasteiger partial charge in [0, 0.05) is 17.3 Å². The van der Waals surface area contributed by atoms with E-state index in [2.05, 4.69) is 22.3 Å². The van der Waals surface area contributed by atoms with Crippen LogP contribution in [-0.2, 0) is 5.41 Å². The molecule has 0 atom stereocenters. The van der Waals surface area contributed by atoms with E-state index in [0.717, 1.165) is 23.7 Å². The van der Waals surface area contributed by atoms with Gasteiger partial charge in [-0.25, -0.2) is 0 Å². The summed E-state index contributed by atoms with van der Waals surface area (Å²) in [5.41, 5.74) is 8.45. The quantitative estimate of drug-likeness (QED) is 0.873. The van der Waals surface area contributed by atoms with Crippen LogP contribution in [-0.4, -0.2) is 16.7 Å². The molecule has 0 unspecified atom stereocenters. The number of nitrogens with one attached hydrogen (secondary N) is 1. The van der Waals surface area contributed by atoms with Gasteiger partial charge in [-0.2, -0.15) is 5.10 Å². The van der Waals surface area contributed by atoms with Crippen molar-refractivity contribution in [2.24, 2.45) is 5.73 Å². The number of aromatic nitrogens is 2. The molecule has 1 aliphatic carbocycles. The Bertz CT molecular complexity index is 555. The number of aromatic amines is 1. The first-order valence-corrected chi connectivity index (χ1v) is 6.98. The molecule has 1 heterocycles. The maximum Gasteiger partial charge on any atom is 0.132 e. The zero-order valence-electron chi connectivity index (χ0n) is 10.4. The number of hydrogen-bond donors (Lipinski definition) is 2. The van der Waals surface area contributed by atoms with Crippen LogP contribution in [0.1, 0.15) is 37.7 Å². The molecule has 3 N–H and O–H groups in total. The molecule has 0 radical (unpaired) electrons. The molecule has 0 bridgehead atoms. The summed E-state index contributed by atoms with van der Waals surface area (Å²) in [6.07, 6.45) is 6.15. The fraction of sp³-hybridized carbons (Fsp3) is 0.500. The molecule has 0 aliphatic heterocycles. The number of nitrogens with zero attached hydrogens (tertiary/aromatic N) is 1. The molecular weight excluding hydrogens is 246 g/mol. The first-order valence-electron chi connectivity index (χ1n) is 6.60. The fourth-order valence-electron chi connectivity index (χ4n) is 3.25. The molecule has 1 saturated carbocycles. The Morgan fingerprint density at radius 2 is 2.06 bits per heavy atom. The van der Waals surface area contributed by atoms with Gasteiger partial charge < -0.3 is 5.73 Å². The van der Waals surface area contributed by atoms with Crippen molar-refractivity contribution >= 4 is 22.5 Å². The van der Waals surface area contributed by atoms with Crippen LogP contribution in [0.3, 0.4) is 0 Å². The van der Waals surface area contributed by atoms with Crippen molar-refractivity contribution in [3.05, 3.63) is 28.9 Å². The summed E-state index contributed by atoms with van der Waals surface area (Å²) in [6, 6.07) is 6.24. The second-order valence-electron chi connectivity index (χ2n) is 5.28. The molecule has 1 fully saturated rings. The molecule has 0 amide bonds. The van der Waals surface area contributed by atoms with Crippen molar-refractivity contribution in [1.29, 1.82) is 0 Å². The zero-order valence-corrected chi connectivity index (χ0v) is 11.1. The second kappa shape index (κ2) is 4.56. The summed E-state index contributed by atoms with van der Waals surface area (Å²) < 4.78 is 0. The van der Waals surface area contributed by atoms with Gasteiger partial charge in [0.1, 0.15) is 5.15 Å². The zero-order chi connectivity index (χ0) is 12.6. The Balaban J connectivity index is 2.17. The molecule has 0 spiro atoms. The lowest BCUT2D eigenvalue weighted by Crippen LogP contribution is -2.37. The maximum absolute atomic E-state index is 6.12. The van der Waals surface area contributed by atoms with Crippen molar-refractivity contribution in [2.45, 2.75) is 37.5 Å². The van der Waals surface area contributed by atoms with E-state index in [1.807, 2.05) is 6.07 Å². The summed E-state index contributed by atoms with van der Waals surface area (Å²) in [4.78, 5) is 0. The van der Waals surface area contributed by atoms with Crippen LogP contribution in [0.5, 0.6) is 0 Å². The topological polar surface area (TPSA) is 54.7 Å². The lowest BCUT2D eigenvalue weighted by Gasteiger charge is -2.36. The van der Waals surface area contributed by atoms with Crippen molar-refractivity contribution in [3.8, 4) is 0 Å². The van der Waals surface area contributed by atoms with Crippen molar-refractivity contribution < 1.29 is 0 Å². The predicted octanol–water partition coefficient (Wildman–Crippen LogP) is 3.38. The van der Waals surface area contributed by atoms with Gasteiger partial charge in [-0.3, -0.25) is 5.10 Å². The summed E-state index contributed by atoms with van der Waals surface area (Å²) >= 11 is 6.12. The van der Waals surface area contributed by atoms with Crippen LogP contribution in [0, 0.1) is 0 Å². The van der Waals surface area contributed by atoms with Gasteiger partial charge in [-0.15, -0.1) is 0 Å².